The van der Waals surface area contributed by atoms with E-state index in [1.54, 1.807) is 0 Å². The highest BCUT2D eigenvalue weighted by Crippen LogP contribution is 2.18. The standard InChI is InChI=1S/C56H110O4/c1-4-6-8-10-12-14-16-18-20-22-24-26-28-30-32-34-36-38-40-42-44-46-48-50-55(57)59-53-52-54(3)60-56(58)51-49-47-45-43-41-39-37-35-33-31-29-27-25-23-21-19-17-15-13-11-9-7-5-2/h54H,4-53H2,1-3H3. The van der Waals surface area contributed by atoms with Gasteiger partial charge in [0.1, 0.15) is 6.10 Å². The topological polar surface area (TPSA) is 52.6 Å². The van der Waals surface area contributed by atoms with E-state index in [0.29, 0.717) is 25.9 Å². The van der Waals surface area contributed by atoms with Crippen LogP contribution in [0.15, 0.2) is 0 Å². The molecule has 0 fully saturated rings. The van der Waals surface area contributed by atoms with Crippen LogP contribution in [0.2, 0.25) is 0 Å². The molecule has 0 aliphatic carbocycles. The third kappa shape index (κ3) is 51.3. The van der Waals surface area contributed by atoms with Crippen molar-refractivity contribution in [1.82, 2.24) is 0 Å². The number of esters is 2. The van der Waals surface area contributed by atoms with E-state index in [4.69, 9.17) is 9.47 Å². The second-order valence-corrected chi connectivity index (χ2v) is 19.4. The molecule has 358 valence electrons. The summed E-state index contributed by atoms with van der Waals surface area (Å²) in [5, 5.41) is 0. The first kappa shape index (κ1) is 58.9. The summed E-state index contributed by atoms with van der Waals surface area (Å²) in [6.07, 6.45) is 64.6. The van der Waals surface area contributed by atoms with Crippen LogP contribution >= 0.6 is 0 Å². The predicted molar refractivity (Wildman–Crippen MR) is 264 cm³/mol. The number of unbranched alkanes of at least 4 members (excludes halogenated alkanes) is 44. The van der Waals surface area contributed by atoms with Crippen molar-refractivity contribution in [3.05, 3.63) is 0 Å². The van der Waals surface area contributed by atoms with E-state index in [1.165, 1.54) is 270 Å². The lowest BCUT2D eigenvalue weighted by Gasteiger charge is -2.13. The van der Waals surface area contributed by atoms with Gasteiger partial charge in [-0.05, 0) is 19.8 Å². The van der Waals surface area contributed by atoms with Gasteiger partial charge in [0.25, 0.3) is 0 Å². The minimum Gasteiger partial charge on any atom is -0.466 e. The monoisotopic (exact) mass is 847 g/mol. The van der Waals surface area contributed by atoms with Crippen molar-refractivity contribution in [3.63, 3.8) is 0 Å². The highest BCUT2D eigenvalue weighted by Gasteiger charge is 2.11. The van der Waals surface area contributed by atoms with Gasteiger partial charge in [0.2, 0.25) is 0 Å². The van der Waals surface area contributed by atoms with Gasteiger partial charge in [0.05, 0.1) is 6.61 Å². The zero-order valence-corrected chi connectivity index (χ0v) is 41.6. The fourth-order valence-electron chi connectivity index (χ4n) is 8.86. The van der Waals surface area contributed by atoms with Crippen molar-refractivity contribution in [2.24, 2.45) is 0 Å². The summed E-state index contributed by atoms with van der Waals surface area (Å²) in [6.45, 7) is 6.84. The van der Waals surface area contributed by atoms with Crippen molar-refractivity contribution < 1.29 is 19.1 Å². The molecular formula is C56H110O4. The van der Waals surface area contributed by atoms with E-state index >= 15 is 0 Å². The van der Waals surface area contributed by atoms with Gasteiger partial charge in [-0.1, -0.05) is 296 Å². The van der Waals surface area contributed by atoms with Crippen LogP contribution in [0.5, 0.6) is 0 Å². The Hall–Kier alpha value is -1.06. The van der Waals surface area contributed by atoms with Crippen LogP contribution in [0, 0.1) is 0 Å². The fourth-order valence-corrected chi connectivity index (χ4v) is 8.86. The normalized spacial score (nSPS) is 12.0. The first-order chi connectivity index (χ1) is 29.6. The van der Waals surface area contributed by atoms with Gasteiger partial charge in [0, 0.05) is 19.3 Å². The van der Waals surface area contributed by atoms with E-state index in [2.05, 4.69) is 13.8 Å². The maximum Gasteiger partial charge on any atom is 0.306 e. The molecule has 0 saturated heterocycles. The van der Waals surface area contributed by atoms with Crippen molar-refractivity contribution in [2.45, 2.75) is 341 Å². The van der Waals surface area contributed by atoms with Crippen LogP contribution in [0.3, 0.4) is 0 Å². The number of rotatable bonds is 52. The molecule has 0 aliphatic rings. The predicted octanol–water partition coefficient (Wildman–Crippen LogP) is 19.6. The Kier molecular flexibility index (Phi) is 51.4. The van der Waals surface area contributed by atoms with Gasteiger partial charge >= 0.3 is 11.9 Å². The van der Waals surface area contributed by atoms with Gasteiger partial charge in [-0.25, -0.2) is 0 Å². The molecule has 0 heterocycles. The van der Waals surface area contributed by atoms with Crippen LogP contribution in [0.4, 0.5) is 0 Å². The highest BCUT2D eigenvalue weighted by molar-refractivity contribution is 5.69. The lowest BCUT2D eigenvalue weighted by molar-refractivity contribution is -0.150. The summed E-state index contributed by atoms with van der Waals surface area (Å²) >= 11 is 0. The Morgan fingerprint density at radius 3 is 0.733 bits per heavy atom. The van der Waals surface area contributed by atoms with Gasteiger partial charge in [-0.2, -0.15) is 0 Å². The maximum absolute atomic E-state index is 12.3. The van der Waals surface area contributed by atoms with Crippen LogP contribution in [-0.4, -0.2) is 24.6 Å². The number of carbonyl (C=O) groups is 2. The zero-order chi connectivity index (χ0) is 43.5. The van der Waals surface area contributed by atoms with Gasteiger partial charge in [-0.3, -0.25) is 9.59 Å². The molecule has 0 aromatic heterocycles. The minimum absolute atomic E-state index is 0.109. The van der Waals surface area contributed by atoms with Gasteiger partial charge < -0.3 is 9.47 Å². The van der Waals surface area contributed by atoms with Crippen LogP contribution in [0.1, 0.15) is 335 Å². The van der Waals surface area contributed by atoms with Crippen LogP contribution in [-0.2, 0) is 19.1 Å². The van der Waals surface area contributed by atoms with E-state index in [1.807, 2.05) is 6.92 Å². The molecule has 0 amide bonds. The third-order valence-electron chi connectivity index (χ3n) is 13.1. The van der Waals surface area contributed by atoms with Gasteiger partial charge in [0.15, 0.2) is 0 Å². The zero-order valence-electron chi connectivity index (χ0n) is 41.6. The number of hydrogen-bond donors (Lipinski definition) is 0. The van der Waals surface area contributed by atoms with Crippen LogP contribution < -0.4 is 0 Å². The Morgan fingerprint density at radius 1 is 0.300 bits per heavy atom. The summed E-state index contributed by atoms with van der Waals surface area (Å²) in [7, 11) is 0. The Bertz CT molecular complexity index is 826. The lowest BCUT2D eigenvalue weighted by Crippen LogP contribution is -2.18. The molecule has 0 rings (SSSR count). The lowest BCUT2D eigenvalue weighted by atomic mass is 10.0. The molecule has 0 bridgehead atoms. The molecule has 0 radical (unpaired) electrons. The van der Waals surface area contributed by atoms with E-state index < -0.39 is 0 Å². The average Bonchev–Trinajstić information content (AvgIpc) is 3.24. The molecule has 1 unspecified atom stereocenters. The second kappa shape index (κ2) is 52.3. The summed E-state index contributed by atoms with van der Waals surface area (Å²) in [5.74, 6) is -0.218. The molecule has 4 heteroatoms. The largest absolute Gasteiger partial charge is 0.466 e. The maximum atomic E-state index is 12.3. The Balaban J connectivity index is 3.31. The Morgan fingerprint density at radius 2 is 0.500 bits per heavy atom. The quantitative estimate of drug-likeness (QED) is 0.0452. The third-order valence-corrected chi connectivity index (χ3v) is 13.1. The van der Waals surface area contributed by atoms with Crippen molar-refractivity contribution >= 4 is 11.9 Å². The molecule has 0 aromatic carbocycles. The summed E-state index contributed by atoms with van der Waals surface area (Å²) in [6, 6.07) is 0. The molecule has 0 saturated carbocycles. The average molecular weight is 847 g/mol. The first-order valence-corrected chi connectivity index (χ1v) is 27.9. The molecule has 60 heavy (non-hydrogen) atoms. The van der Waals surface area contributed by atoms with Gasteiger partial charge in [-0.15, -0.1) is 0 Å². The van der Waals surface area contributed by atoms with E-state index in [9.17, 15) is 9.59 Å². The number of carbonyl (C=O) groups excluding carboxylic acids is 2. The molecule has 1 atom stereocenters. The first-order valence-electron chi connectivity index (χ1n) is 27.9. The minimum atomic E-state index is -0.200. The molecule has 0 spiro atoms. The SMILES string of the molecule is CCCCCCCCCCCCCCCCCCCCCCCCCC(=O)OCCC(C)OC(=O)CCCCCCCCCCCCCCCCCCCCCCCCC. The molecule has 0 N–H and O–H groups in total. The number of ether oxygens (including phenoxy) is 2. The molecule has 4 nitrogen and oxygen atoms in total. The summed E-state index contributed by atoms with van der Waals surface area (Å²) in [5.41, 5.74) is 0. The second-order valence-electron chi connectivity index (χ2n) is 19.4. The van der Waals surface area contributed by atoms with Crippen LogP contribution in [0.25, 0.3) is 0 Å². The van der Waals surface area contributed by atoms with Crippen molar-refractivity contribution in [2.75, 3.05) is 6.61 Å². The molecule has 0 aliphatic heterocycles. The summed E-state index contributed by atoms with van der Waals surface area (Å²) < 4.78 is 11.0. The summed E-state index contributed by atoms with van der Waals surface area (Å²) in [4.78, 5) is 24.4. The van der Waals surface area contributed by atoms with E-state index in [-0.39, 0.29) is 18.0 Å². The molecule has 0 aromatic rings. The highest BCUT2D eigenvalue weighted by atomic mass is 16.6. The number of hydrogen-bond acceptors (Lipinski definition) is 4. The van der Waals surface area contributed by atoms with E-state index in [0.717, 1.165) is 25.7 Å². The van der Waals surface area contributed by atoms with Crippen molar-refractivity contribution in [3.8, 4) is 0 Å². The Labute approximate surface area is 377 Å². The molecular weight excluding hydrogens is 737 g/mol. The van der Waals surface area contributed by atoms with Crippen molar-refractivity contribution in [1.29, 1.82) is 0 Å². The smallest absolute Gasteiger partial charge is 0.306 e. The fraction of sp³-hybridized carbons (Fsp3) is 0.964.